The van der Waals surface area contributed by atoms with Crippen molar-refractivity contribution >= 4 is 11.9 Å². The molecule has 3 rings (SSSR count). The Bertz CT molecular complexity index is 596. The molecule has 0 aliphatic carbocycles. The van der Waals surface area contributed by atoms with Gasteiger partial charge in [-0.05, 0) is 63.6 Å². The Morgan fingerprint density at radius 1 is 1.12 bits per heavy atom. The summed E-state index contributed by atoms with van der Waals surface area (Å²) < 4.78 is 0. The Morgan fingerprint density at radius 2 is 1.80 bits per heavy atom. The lowest BCUT2D eigenvalue weighted by Crippen LogP contribution is -2.52. The Hall–Kier alpha value is -1.88. The van der Waals surface area contributed by atoms with Crippen molar-refractivity contribution in [1.82, 2.24) is 9.80 Å². The molecule has 25 heavy (non-hydrogen) atoms. The predicted molar refractivity (Wildman–Crippen MR) is 96.3 cm³/mol. The minimum absolute atomic E-state index is 0.0218. The number of piperidine rings is 1. The highest BCUT2D eigenvalue weighted by atomic mass is 16.4. The molecule has 5 nitrogen and oxygen atoms in total. The summed E-state index contributed by atoms with van der Waals surface area (Å²) in [6.45, 7) is 4.33. The molecule has 2 fully saturated rings. The van der Waals surface area contributed by atoms with Gasteiger partial charge in [0.2, 0.25) is 5.91 Å². The zero-order valence-electron chi connectivity index (χ0n) is 14.9. The molecule has 5 heteroatoms. The van der Waals surface area contributed by atoms with E-state index in [0.29, 0.717) is 18.9 Å². The van der Waals surface area contributed by atoms with Crippen LogP contribution in [0.25, 0.3) is 0 Å². The van der Waals surface area contributed by atoms with Gasteiger partial charge in [-0.15, -0.1) is 0 Å². The minimum atomic E-state index is -0.875. The van der Waals surface area contributed by atoms with Crippen molar-refractivity contribution in [2.45, 2.75) is 51.1 Å². The predicted octanol–water partition coefficient (Wildman–Crippen LogP) is 2.41. The second-order valence-electron chi connectivity index (χ2n) is 7.37. The molecule has 2 aliphatic heterocycles. The molecule has 0 aromatic heterocycles. The number of rotatable bonds is 5. The SMILES string of the molecule is CC(C(=O)N1CCC[C@H]1C(=O)O)N1CCC(Cc2ccccc2)CC1. The minimum Gasteiger partial charge on any atom is -0.480 e. The standard InChI is InChI=1S/C20H28N2O3/c1-15(19(23)22-11-5-8-18(22)20(24)25)21-12-9-17(10-13-21)14-16-6-3-2-4-7-16/h2-4,6-7,15,17-18H,5,8-14H2,1H3,(H,24,25)/t15?,18-/m0/s1. The average molecular weight is 344 g/mol. The zero-order valence-corrected chi connectivity index (χ0v) is 14.9. The molecule has 1 unspecified atom stereocenters. The molecule has 0 radical (unpaired) electrons. The van der Waals surface area contributed by atoms with Crippen LogP contribution in [0.15, 0.2) is 30.3 Å². The number of hydrogen-bond donors (Lipinski definition) is 1. The maximum Gasteiger partial charge on any atom is 0.326 e. The number of carboxylic acids is 1. The highest BCUT2D eigenvalue weighted by Gasteiger charge is 2.38. The van der Waals surface area contributed by atoms with Crippen LogP contribution in [0.5, 0.6) is 0 Å². The van der Waals surface area contributed by atoms with Crippen LogP contribution in [0.1, 0.15) is 38.2 Å². The molecule has 1 aromatic carbocycles. The normalized spacial score (nSPS) is 23.6. The van der Waals surface area contributed by atoms with Gasteiger partial charge >= 0.3 is 5.97 Å². The molecule has 2 aliphatic rings. The number of aliphatic carboxylic acids is 1. The topological polar surface area (TPSA) is 60.9 Å². The molecule has 0 saturated carbocycles. The van der Waals surface area contributed by atoms with Crippen molar-refractivity contribution in [3.63, 3.8) is 0 Å². The van der Waals surface area contributed by atoms with E-state index in [9.17, 15) is 14.7 Å². The number of hydrogen-bond acceptors (Lipinski definition) is 3. The van der Waals surface area contributed by atoms with Gasteiger partial charge in [0, 0.05) is 6.54 Å². The number of nitrogens with zero attached hydrogens (tertiary/aromatic N) is 2. The fourth-order valence-electron chi connectivity index (χ4n) is 4.18. The van der Waals surface area contributed by atoms with E-state index in [1.165, 1.54) is 5.56 Å². The molecule has 136 valence electrons. The monoisotopic (exact) mass is 344 g/mol. The van der Waals surface area contributed by atoms with Gasteiger partial charge in [-0.3, -0.25) is 9.69 Å². The van der Waals surface area contributed by atoms with Crippen molar-refractivity contribution in [3.05, 3.63) is 35.9 Å². The third kappa shape index (κ3) is 4.21. The Balaban J connectivity index is 1.52. The Kier molecular flexibility index (Phi) is 5.74. The van der Waals surface area contributed by atoms with Crippen molar-refractivity contribution in [3.8, 4) is 0 Å². The van der Waals surface area contributed by atoms with Crippen LogP contribution in [-0.4, -0.2) is 58.5 Å². The van der Waals surface area contributed by atoms with Crippen LogP contribution in [0.4, 0.5) is 0 Å². The summed E-state index contributed by atoms with van der Waals surface area (Å²) >= 11 is 0. The smallest absolute Gasteiger partial charge is 0.326 e. The first kappa shape index (κ1) is 17.9. The second kappa shape index (κ2) is 8.00. The molecular formula is C20H28N2O3. The summed E-state index contributed by atoms with van der Waals surface area (Å²) in [5.74, 6) is -0.231. The average Bonchev–Trinajstić information content (AvgIpc) is 3.12. The van der Waals surface area contributed by atoms with E-state index < -0.39 is 12.0 Å². The van der Waals surface area contributed by atoms with Crippen LogP contribution >= 0.6 is 0 Å². The van der Waals surface area contributed by atoms with Gasteiger partial charge in [-0.1, -0.05) is 30.3 Å². The van der Waals surface area contributed by atoms with E-state index in [1.54, 1.807) is 4.90 Å². The summed E-state index contributed by atoms with van der Waals surface area (Å²) in [4.78, 5) is 27.9. The summed E-state index contributed by atoms with van der Waals surface area (Å²) in [7, 11) is 0. The van der Waals surface area contributed by atoms with E-state index in [4.69, 9.17) is 0 Å². The fraction of sp³-hybridized carbons (Fsp3) is 0.600. The van der Waals surface area contributed by atoms with Crippen molar-refractivity contribution in [1.29, 1.82) is 0 Å². The van der Waals surface area contributed by atoms with Gasteiger partial charge in [-0.2, -0.15) is 0 Å². The molecule has 0 bridgehead atoms. The Morgan fingerprint density at radius 3 is 2.44 bits per heavy atom. The number of benzene rings is 1. The molecule has 2 heterocycles. The van der Waals surface area contributed by atoms with Crippen molar-refractivity contribution in [2.24, 2.45) is 5.92 Å². The lowest BCUT2D eigenvalue weighted by molar-refractivity contribution is -0.150. The van der Waals surface area contributed by atoms with Gasteiger partial charge < -0.3 is 10.0 Å². The van der Waals surface area contributed by atoms with Crippen molar-refractivity contribution in [2.75, 3.05) is 19.6 Å². The van der Waals surface area contributed by atoms with Crippen LogP contribution < -0.4 is 0 Å². The number of likely N-dealkylation sites (tertiary alicyclic amines) is 2. The molecule has 1 aromatic rings. The highest BCUT2D eigenvalue weighted by Crippen LogP contribution is 2.25. The third-order valence-corrected chi connectivity index (χ3v) is 5.74. The largest absolute Gasteiger partial charge is 0.480 e. The lowest BCUT2D eigenvalue weighted by Gasteiger charge is -2.37. The first-order valence-corrected chi connectivity index (χ1v) is 9.37. The van der Waals surface area contributed by atoms with Crippen LogP contribution in [0.3, 0.4) is 0 Å². The van der Waals surface area contributed by atoms with Crippen LogP contribution in [-0.2, 0) is 16.0 Å². The fourth-order valence-corrected chi connectivity index (χ4v) is 4.18. The van der Waals surface area contributed by atoms with Gasteiger partial charge in [0.05, 0.1) is 6.04 Å². The van der Waals surface area contributed by atoms with Gasteiger partial charge in [0.1, 0.15) is 6.04 Å². The summed E-state index contributed by atoms with van der Waals surface area (Å²) in [6, 6.07) is 9.71. The molecular weight excluding hydrogens is 316 g/mol. The van der Waals surface area contributed by atoms with E-state index in [-0.39, 0.29) is 11.9 Å². The summed E-state index contributed by atoms with van der Waals surface area (Å²) in [6.07, 6.45) is 4.65. The molecule has 2 saturated heterocycles. The maximum atomic E-state index is 12.8. The molecule has 1 N–H and O–H groups in total. The lowest BCUT2D eigenvalue weighted by atomic mass is 9.89. The third-order valence-electron chi connectivity index (χ3n) is 5.74. The zero-order chi connectivity index (χ0) is 17.8. The second-order valence-corrected chi connectivity index (χ2v) is 7.37. The van der Waals surface area contributed by atoms with Gasteiger partial charge in [0.25, 0.3) is 0 Å². The Labute approximate surface area is 149 Å². The first-order valence-electron chi connectivity index (χ1n) is 9.37. The van der Waals surface area contributed by atoms with E-state index in [1.807, 2.05) is 13.0 Å². The molecule has 0 spiro atoms. The van der Waals surface area contributed by atoms with Crippen molar-refractivity contribution < 1.29 is 14.7 Å². The van der Waals surface area contributed by atoms with Gasteiger partial charge in [-0.25, -0.2) is 4.79 Å². The molecule has 2 atom stereocenters. The molecule has 1 amide bonds. The summed E-state index contributed by atoms with van der Waals surface area (Å²) in [5, 5.41) is 9.29. The van der Waals surface area contributed by atoms with Crippen LogP contribution in [0.2, 0.25) is 0 Å². The number of carbonyl (C=O) groups excluding carboxylic acids is 1. The highest BCUT2D eigenvalue weighted by molar-refractivity contribution is 5.87. The number of carboxylic acid groups (broad SMARTS) is 1. The first-order chi connectivity index (χ1) is 12.1. The quantitative estimate of drug-likeness (QED) is 0.891. The number of amides is 1. The van der Waals surface area contributed by atoms with Gasteiger partial charge in [0.15, 0.2) is 0 Å². The maximum absolute atomic E-state index is 12.8. The van der Waals surface area contributed by atoms with E-state index in [0.717, 1.165) is 38.8 Å². The van der Waals surface area contributed by atoms with Crippen LogP contribution in [0, 0.1) is 5.92 Å². The summed E-state index contributed by atoms with van der Waals surface area (Å²) in [5.41, 5.74) is 1.38. The van der Waals surface area contributed by atoms with E-state index in [2.05, 4.69) is 29.2 Å². The van der Waals surface area contributed by atoms with E-state index >= 15 is 0 Å². The number of carbonyl (C=O) groups is 2.